The molecule has 0 saturated carbocycles. The van der Waals surface area contributed by atoms with E-state index in [1.165, 1.54) is 8.61 Å². The van der Waals surface area contributed by atoms with Crippen molar-refractivity contribution in [3.8, 4) is 0 Å². The van der Waals surface area contributed by atoms with Gasteiger partial charge in [-0.25, -0.2) is 0 Å². The van der Waals surface area contributed by atoms with Crippen LogP contribution in [0.4, 0.5) is 0 Å². The number of ether oxygens (including phenoxy) is 2. The van der Waals surface area contributed by atoms with Gasteiger partial charge in [0, 0.05) is 39.0 Å². The molecule has 22 heavy (non-hydrogen) atoms. The van der Waals surface area contributed by atoms with Crippen LogP contribution in [0, 0.1) is 5.92 Å². The van der Waals surface area contributed by atoms with Gasteiger partial charge < -0.3 is 14.6 Å². The number of nitrogens with zero attached hydrogens (tertiary/aromatic N) is 2. The van der Waals surface area contributed by atoms with Crippen LogP contribution < -0.4 is 0 Å². The van der Waals surface area contributed by atoms with Gasteiger partial charge in [0.15, 0.2) is 5.79 Å². The number of aliphatic carboxylic acids is 1. The van der Waals surface area contributed by atoms with E-state index in [0.29, 0.717) is 52.0 Å². The third kappa shape index (κ3) is 3.00. The fourth-order valence-corrected chi connectivity index (χ4v) is 4.98. The van der Waals surface area contributed by atoms with Gasteiger partial charge in [-0.1, -0.05) is 0 Å². The summed E-state index contributed by atoms with van der Waals surface area (Å²) in [6, 6.07) is 0. The normalized spacial score (nSPS) is 28.2. The van der Waals surface area contributed by atoms with E-state index in [2.05, 4.69) is 0 Å². The molecular weight excluding hydrogens is 312 g/mol. The van der Waals surface area contributed by atoms with Crippen molar-refractivity contribution < 1.29 is 27.8 Å². The summed E-state index contributed by atoms with van der Waals surface area (Å²) in [6.45, 7) is 2.43. The minimum Gasteiger partial charge on any atom is -0.481 e. The fourth-order valence-electron chi connectivity index (χ4n) is 3.34. The molecule has 1 spiro atoms. The Balaban J connectivity index is 1.59. The summed E-state index contributed by atoms with van der Waals surface area (Å²) in [4.78, 5) is 10.9. The first-order valence-electron chi connectivity index (χ1n) is 7.69. The maximum atomic E-state index is 12.6. The topological polar surface area (TPSA) is 96.4 Å². The number of carbonyl (C=O) groups is 1. The number of piperidine rings is 2. The maximum absolute atomic E-state index is 12.6. The van der Waals surface area contributed by atoms with Gasteiger partial charge >= 0.3 is 5.97 Å². The molecule has 9 heteroatoms. The first-order valence-corrected chi connectivity index (χ1v) is 9.09. The van der Waals surface area contributed by atoms with Gasteiger partial charge in [-0.15, -0.1) is 0 Å². The van der Waals surface area contributed by atoms with Gasteiger partial charge in [0.1, 0.15) is 0 Å². The van der Waals surface area contributed by atoms with E-state index in [9.17, 15) is 13.2 Å². The molecule has 3 saturated heterocycles. The summed E-state index contributed by atoms with van der Waals surface area (Å²) in [5.41, 5.74) is 0. The zero-order valence-electron chi connectivity index (χ0n) is 12.4. The van der Waals surface area contributed by atoms with Crippen LogP contribution in [-0.4, -0.2) is 73.3 Å². The monoisotopic (exact) mass is 334 g/mol. The van der Waals surface area contributed by atoms with E-state index in [1.54, 1.807) is 0 Å². The SMILES string of the molecule is O=C(O)C1CCN(S(=O)(=O)N2CCC3(CC2)OCCO3)CC1. The van der Waals surface area contributed by atoms with Crippen molar-refractivity contribution in [3.05, 3.63) is 0 Å². The molecule has 1 N–H and O–H groups in total. The second-order valence-corrected chi connectivity index (χ2v) is 7.95. The number of rotatable bonds is 3. The molecule has 0 aromatic heterocycles. The van der Waals surface area contributed by atoms with Crippen molar-refractivity contribution in [2.24, 2.45) is 5.92 Å². The van der Waals surface area contributed by atoms with Gasteiger partial charge in [0.05, 0.1) is 19.1 Å². The second-order valence-electron chi connectivity index (χ2n) is 6.03. The third-order valence-electron chi connectivity index (χ3n) is 4.75. The van der Waals surface area contributed by atoms with Gasteiger partial charge in [-0.2, -0.15) is 17.0 Å². The lowest BCUT2D eigenvalue weighted by Gasteiger charge is -2.40. The highest BCUT2D eigenvalue weighted by atomic mass is 32.2. The Morgan fingerprint density at radius 3 is 2.00 bits per heavy atom. The highest BCUT2D eigenvalue weighted by Crippen LogP contribution is 2.33. The van der Waals surface area contributed by atoms with Gasteiger partial charge in [0.2, 0.25) is 0 Å². The van der Waals surface area contributed by atoms with Gasteiger partial charge in [-0.05, 0) is 12.8 Å². The maximum Gasteiger partial charge on any atom is 0.306 e. The van der Waals surface area contributed by atoms with Crippen LogP contribution in [0.2, 0.25) is 0 Å². The zero-order chi connectivity index (χ0) is 15.8. The predicted molar refractivity (Wildman–Crippen MR) is 76.3 cm³/mol. The molecule has 3 fully saturated rings. The van der Waals surface area contributed by atoms with E-state index >= 15 is 0 Å². The van der Waals surface area contributed by atoms with E-state index < -0.39 is 27.9 Å². The highest BCUT2D eigenvalue weighted by Gasteiger charge is 2.44. The van der Waals surface area contributed by atoms with E-state index in [1.807, 2.05) is 0 Å². The molecule has 3 heterocycles. The zero-order valence-corrected chi connectivity index (χ0v) is 13.3. The second kappa shape index (κ2) is 6.04. The van der Waals surface area contributed by atoms with Gasteiger partial charge in [-0.3, -0.25) is 4.79 Å². The summed E-state index contributed by atoms with van der Waals surface area (Å²) in [7, 11) is -3.52. The molecule has 0 amide bonds. The summed E-state index contributed by atoms with van der Waals surface area (Å²) in [6.07, 6.45) is 1.83. The molecule has 3 aliphatic rings. The molecular formula is C13H22N2O6S. The Bertz CT molecular complexity index is 513. The number of carboxylic acids is 1. The smallest absolute Gasteiger partial charge is 0.306 e. The van der Waals surface area contributed by atoms with Crippen LogP contribution >= 0.6 is 0 Å². The van der Waals surface area contributed by atoms with Crippen molar-refractivity contribution in [1.29, 1.82) is 0 Å². The van der Waals surface area contributed by atoms with Crippen molar-refractivity contribution in [1.82, 2.24) is 8.61 Å². The first kappa shape index (κ1) is 16.1. The van der Waals surface area contributed by atoms with Crippen LogP contribution in [0.5, 0.6) is 0 Å². The Hall–Kier alpha value is -0.740. The Morgan fingerprint density at radius 1 is 1.00 bits per heavy atom. The molecule has 8 nitrogen and oxygen atoms in total. The van der Waals surface area contributed by atoms with Gasteiger partial charge in [0.25, 0.3) is 10.2 Å². The van der Waals surface area contributed by atoms with Crippen LogP contribution in [0.3, 0.4) is 0 Å². The number of hydrogen-bond acceptors (Lipinski definition) is 5. The minimum atomic E-state index is -3.52. The van der Waals surface area contributed by atoms with Crippen molar-refractivity contribution in [2.75, 3.05) is 39.4 Å². The van der Waals surface area contributed by atoms with Crippen LogP contribution in [0.25, 0.3) is 0 Å². The Morgan fingerprint density at radius 2 is 1.50 bits per heavy atom. The van der Waals surface area contributed by atoms with Crippen molar-refractivity contribution >= 4 is 16.2 Å². The molecule has 0 aliphatic carbocycles. The molecule has 0 radical (unpaired) electrons. The molecule has 3 aliphatic heterocycles. The average molecular weight is 334 g/mol. The molecule has 0 atom stereocenters. The Kier molecular flexibility index (Phi) is 4.43. The predicted octanol–water partition coefficient (Wildman–Crippen LogP) is -0.133. The molecule has 0 bridgehead atoms. The fraction of sp³-hybridized carbons (Fsp3) is 0.923. The average Bonchev–Trinajstić information content (AvgIpc) is 2.96. The molecule has 0 aromatic carbocycles. The number of hydrogen-bond donors (Lipinski definition) is 1. The summed E-state index contributed by atoms with van der Waals surface area (Å²) in [5.74, 6) is -1.87. The number of carboxylic acid groups (broad SMARTS) is 1. The standard InChI is InChI=1S/C13H22N2O6S/c16-12(17)11-1-5-14(6-2-11)22(18,19)15-7-3-13(4-8-15)20-9-10-21-13/h11H,1-10H2,(H,16,17). The van der Waals surface area contributed by atoms with Crippen LogP contribution in [0.15, 0.2) is 0 Å². The largest absolute Gasteiger partial charge is 0.481 e. The van der Waals surface area contributed by atoms with E-state index in [-0.39, 0.29) is 13.1 Å². The highest BCUT2D eigenvalue weighted by molar-refractivity contribution is 7.86. The van der Waals surface area contributed by atoms with E-state index in [4.69, 9.17) is 14.6 Å². The molecule has 126 valence electrons. The lowest BCUT2D eigenvalue weighted by molar-refractivity contribution is -0.179. The Labute approximate surface area is 130 Å². The quantitative estimate of drug-likeness (QED) is 0.772. The summed E-state index contributed by atoms with van der Waals surface area (Å²) >= 11 is 0. The lowest BCUT2D eigenvalue weighted by atomic mass is 9.99. The first-order chi connectivity index (χ1) is 10.4. The minimum absolute atomic E-state index is 0.272. The van der Waals surface area contributed by atoms with E-state index in [0.717, 1.165) is 0 Å². The van der Waals surface area contributed by atoms with Crippen molar-refractivity contribution in [3.63, 3.8) is 0 Å². The lowest BCUT2D eigenvalue weighted by Crippen LogP contribution is -2.53. The van der Waals surface area contributed by atoms with Crippen molar-refractivity contribution in [2.45, 2.75) is 31.5 Å². The molecule has 3 rings (SSSR count). The van der Waals surface area contributed by atoms with Crippen LogP contribution in [0.1, 0.15) is 25.7 Å². The molecule has 0 aromatic rings. The third-order valence-corrected chi connectivity index (χ3v) is 6.79. The molecule has 0 unspecified atom stereocenters. The van der Waals surface area contributed by atoms with Crippen LogP contribution in [-0.2, 0) is 24.5 Å². The summed E-state index contributed by atoms with van der Waals surface area (Å²) in [5, 5.41) is 8.99. The summed E-state index contributed by atoms with van der Waals surface area (Å²) < 4.78 is 39.4.